The fraction of sp³-hybridized carbons (Fsp3) is 0.833. The molecule has 67 valence electrons. The van der Waals surface area contributed by atoms with Crippen LogP contribution >= 0.6 is 23.2 Å². The van der Waals surface area contributed by atoms with Crippen LogP contribution in [0.25, 0.3) is 0 Å². The molecule has 0 aromatic rings. The second-order valence-electron chi connectivity index (χ2n) is 2.16. The first kappa shape index (κ1) is 11.4. The second-order valence-corrected chi connectivity index (χ2v) is 3.64. The van der Waals surface area contributed by atoms with E-state index in [9.17, 15) is 13.2 Å². The summed E-state index contributed by atoms with van der Waals surface area (Å²) in [6.45, 7) is 3.39. The first-order valence-corrected chi connectivity index (χ1v) is 3.80. The highest BCUT2D eigenvalue weighted by molar-refractivity contribution is 6.49. The van der Waals surface area contributed by atoms with Gasteiger partial charge in [-0.15, -0.1) is 0 Å². The summed E-state index contributed by atoms with van der Waals surface area (Å²) in [5.74, 6) is 0. The van der Waals surface area contributed by atoms with E-state index in [2.05, 4.69) is 6.92 Å². The molecule has 0 fully saturated rings. The van der Waals surface area contributed by atoms with E-state index >= 15 is 0 Å². The molecule has 0 atom stereocenters. The van der Waals surface area contributed by atoms with E-state index in [0.29, 0.717) is 6.42 Å². The van der Waals surface area contributed by atoms with Gasteiger partial charge in [-0.05, 0) is 6.42 Å². The molecule has 0 N–H and O–H groups in total. The van der Waals surface area contributed by atoms with Crippen LogP contribution in [0.5, 0.6) is 0 Å². The molecule has 0 saturated heterocycles. The van der Waals surface area contributed by atoms with Crippen molar-refractivity contribution in [3.8, 4) is 0 Å². The Morgan fingerprint density at radius 2 is 1.64 bits per heavy atom. The first-order valence-electron chi connectivity index (χ1n) is 3.05. The molecule has 1 radical (unpaired) electrons. The van der Waals surface area contributed by atoms with Crippen LogP contribution in [0.3, 0.4) is 0 Å². The van der Waals surface area contributed by atoms with Gasteiger partial charge in [0, 0.05) is 0 Å². The quantitative estimate of drug-likeness (QED) is 0.620. The predicted molar refractivity (Wildman–Crippen MR) is 39.7 cm³/mol. The van der Waals surface area contributed by atoms with Crippen molar-refractivity contribution < 1.29 is 13.2 Å². The summed E-state index contributed by atoms with van der Waals surface area (Å²) in [6.07, 6.45) is -4.18. The molecule has 0 spiro atoms. The van der Waals surface area contributed by atoms with Crippen molar-refractivity contribution in [1.82, 2.24) is 0 Å². The zero-order valence-corrected chi connectivity index (χ0v) is 7.23. The van der Waals surface area contributed by atoms with Crippen LogP contribution in [0.4, 0.5) is 13.2 Å². The molecule has 0 amide bonds. The fourth-order valence-corrected chi connectivity index (χ4v) is 0.756. The highest BCUT2D eigenvalue weighted by Gasteiger charge is 2.51. The van der Waals surface area contributed by atoms with Crippen LogP contribution in [0, 0.1) is 6.92 Å². The molecule has 0 saturated carbocycles. The van der Waals surface area contributed by atoms with Gasteiger partial charge in [0.05, 0.1) is 0 Å². The van der Waals surface area contributed by atoms with Gasteiger partial charge in [-0.1, -0.05) is 43.0 Å². The molecule has 0 aliphatic rings. The van der Waals surface area contributed by atoms with Gasteiger partial charge in [0.15, 0.2) is 0 Å². The van der Waals surface area contributed by atoms with Gasteiger partial charge in [-0.3, -0.25) is 0 Å². The lowest BCUT2D eigenvalue weighted by molar-refractivity contribution is -0.142. The normalized spacial score (nSPS) is 13.6. The molecule has 11 heavy (non-hydrogen) atoms. The van der Waals surface area contributed by atoms with Crippen LogP contribution in [-0.4, -0.2) is 10.5 Å². The Hall–Kier alpha value is 0.370. The number of unbranched alkanes of at least 4 members (excludes halogenated alkanes) is 1. The van der Waals surface area contributed by atoms with Crippen LogP contribution < -0.4 is 0 Å². The largest absolute Gasteiger partial charge is 0.421 e. The first-order chi connectivity index (χ1) is 4.81. The Morgan fingerprint density at radius 1 is 1.18 bits per heavy atom. The zero-order chi connectivity index (χ0) is 9.12. The standard InChI is InChI=1S/C6H8Cl2F3/c1-2-3-4-5(7,8)6(9,10)11/h1-4H2. The number of rotatable bonds is 3. The molecule has 0 aromatic carbocycles. The zero-order valence-electron chi connectivity index (χ0n) is 5.72. The van der Waals surface area contributed by atoms with Gasteiger partial charge >= 0.3 is 6.18 Å². The maximum absolute atomic E-state index is 11.9. The molecule has 0 aliphatic heterocycles. The summed E-state index contributed by atoms with van der Waals surface area (Å²) in [7, 11) is 0. The molecule has 0 rings (SSSR count). The molecule has 0 bridgehead atoms. The van der Waals surface area contributed by atoms with E-state index in [-0.39, 0.29) is 12.8 Å². The van der Waals surface area contributed by atoms with E-state index in [0.717, 1.165) is 0 Å². The molecular weight excluding hydrogens is 200 g/mol. The summed E-state index contributed by atoms with van der Waals surface area (Å²) in [5, 5.41) is 0. The molecule has 5 heteroatoms. The van der Waals surface area contributed by atoms with E-state index < -0.39 is 10.5 Å². The third kappa shape index (κ3) is 3.52. The molecule has 0 unspecified atom stereocenters. The van der Waals surface area contributed by atoms with E-state index in [1.807, 2.05) is 0 Å². The maximum atomic E-state index is 11.9. The minimum absolute atomic E-state index is 0.270. The molecule has 0 aliphatic carbocycles. The van der Waals surface area contributed by atoms with Crippen molar-refractivity contribution in [2.75, 3.05) is 0 Å². The highest BCUT2D eigenvalue weighted by atomic mass is 35.5. The van der Waals surface area contributed by atoms with E-state index in [1.165, 1.54) is 0 Å². The smallest absolute Gasteiger partial charge is 0.168 e. The van der Waals surface area contributed by atoms with Crippen molar-refractivity contribution in [3.63, 3.8) is 0 Å². The average Bonchev–Trinajstić information content (AvgIpc) is 1.81. The van der Waals surface area contributed by atoms with Gasteiger partial charge in [0.25, 0.3) is 0 Å². The van der Waals surface area contributed by atoms with Gasteiger partial charge in [0.1, 0.15) is 0 Å². The Kier molecular flexibility index (Phi) is 3.98. The van der Waals surface area contributed by atoms with Gasteiger partial charge in [-0.25, -0.2) is 0 Å². The number of hydrogen-bond acceptors (Lipinski definition) is 0. The lowest BCUT2D eigenvalue weighted by atomic mass is 10.2. The Balaban J connectivity index is 4.00. The predicted octanol–water partition coefficient (Wildman–Crippen LogP) is 3.73. The third-order valence-electron chi connectivity index (χ3n) is 1.16. The Morgan fingerprint density at radius 3 is 1.91 bits per heavy atom. The van der Waals surface area contributed by atoms with E-state index in [1.54, 1.807) is 0 Å². The molecule has 0 nitrogen and oxygen atoms in total. The molecular formula is C6H8Cl2F3. The summed E-state index contributed by atoms with van der Waals surface area (Å²) >= 11 is 10.0. The minimum Gasteiger partial charge on any atom is -0.168 e. The van der Waals surface area contributed by atoms with Gasteiger partial charge in [0.2, 0.25) is 4.33 Å². The minimum atomic E-state index is -4.55. The second kappa shape index (κ2) is 3.85. The summed E-state index contributed by atoms with van der Waals surface area (Å²) in [4.78, 5) is 0. The lowest BCUT2D eigenvalue weighted by Gasteiger charge is -2.22. The van der Waals surface area contributed by atoms with Crippen LogP contribution in [0.2, 0.25) is 0 Å². The topological polar surface area (TPSA) is 0 Å². The van der Waals surface area contributed by atoms with Gasteiger partial charge < -0.3 is 0 Å². The summed E-state index contributed by atoms with van der Waals surface area (Å²) in [6, 6.07) is 0. The Labute approximate surface area is 73.7 Å². The van der Waals surface area contributed by atoms with Crippen molar-refractivity contribution in [2.24, 2.45) is 0 Å². The lowest BCUT2D eigenvalue weighted by Crippen LogP contribution is -2.33. The van der Waals surface area contributed by atoms with Crippen molar-refractivity contribution in [1.29, 1.82) is 0 Å². The van der Waals surface area contributed by atoms with Crippen LogP contribution in [-0.2, 0) is 0 Å². The summed E-state index contributed by atoms with van der Waals surface area (Å²) < 4.78 is 33.0. The van der Waals surface area contributed by atoms with Crippen LogP contribution in [0.1, 0.15) is 19.3 Å². The molecule has 0 heterocycles. The highest BCUT2D eigenvalue weighted by Crippen LogP contribution is 2.43. The summed E-state index contributed by atoms with van der Waals surface area (Å²) in [5.41, 5.74) is 0. The Bertz CT molecular complexity index is 119. The van der Waals surface area contributed by atoms with Crippen molar-refractivity contribution >= 4 is 23.2 Å². The van der Waals surface area contributed by atoms with Crippen LogP contribution in [0.15, 0.2) is 0 Å². The fourth-order valence-electron chi connectivity index (χ4n) is 0.489. The van der Waals surface area contributed by atoms with Crippen molar-refractivity contribution in [3.05, 3.63) is 6.92 Å². The molecule has 0 aromatic heterocycles. The SMILES string of the molecule is [CH2]CCCC(Cl)(Cl)C(F)(F)F. The van der Waals surface area contributed by atoms with E-state index in [4.69, 9.17) is 23.2 Å². The monoisotopic (exact) mass is 207 g/mol. The average molecular weight is 208 g/mol. The van der Waals surface area contributed by atoms with Gasteiger partial charge in [-0.2, -0.15) is 13.2 Å². The van der Waals surface area contributed by atoms with Crippen molar-refractivity contribution in [2.45, 2.75) is 29.8 Å². The maximum Gasteiger partial charge on any atom is 0.421 e. The third-order valence-corrected chi connectivity index (χ3v) is 1.96. The number of hydrogen-bond donors (Lipinski definition) is 0. The number of halogens is 5. The number of alkyl halides is 5.